The Morgan fingerprint density at radius 2 is 1.92 bits per heavy atom. The van der Waals surface area contributed by atoms with E-state index in [-0.39, 0.29) is 12.3 Å². The van der Waals surface area contributed by atoms with Crippen molar-refractivity contribution >= 4 is 28.4 Å². The largest absolute Gasteiger partial charge is 0.353 e. The maximum Gasteiger partial charge on any atom is 0.229 e. The van der Waals surface area contributed by atoms with Gasteiger partial charge in [0.05, 0.1) is 29.8 Å². The number of piperazine rings is 1. The molecule has 1 saturated heterocycles. The van der Waals surface area contributed by atoms with E-state index in [4.69, 9.17) is 15.2 Å². The molecule has 9 heteroatoms. The Balaban J connectivity index is 1.31. The van der Waals surface area contributed by atoms with Crippen LogP contribution in [0.3, 0.4) is 0 Å². The summed E-state index contributed by atoms with van der Waals surface area (Å²) in [5, 5.41) is 16.4. The standard InChI is InChI=1S/C28H26N8O/c29-15-19-3-1-18(2-4-19)13-25(37)34-24-14-21(7-8-32-24)27-33-23-17-31-16-22(20-5-6-20)26(23)28(35-27)36-11-9-30-10-12-36/h1-4,7-8,14,16-17,20,30H,5-6,9-13H2,(H,32,34,37). The second kappa shape index (κ2) is 9.91. The van der Waals surface area contributed by atoms with Gasteiger partial charge in [0, 0.05) is 49.5 Å². The smallest absolute Gasteiger partial charge is 0.229 e. The summed E-state index contributed by atoms with van der Waals surface area (Å²) in [7, 11) is 0. The lowest BCUT2D eigenvalue weighted by Crippen LogP contribution is -2.44. The van der Waals surface area contributed by atoms with Gasteiger partial charge < -0.3 is 15.5 Å². The first-order valence-corrected chi connectivity index (χ1v) is 12.5. The summed E-state index contributed by atoms with van der Waals surface area (Å²) in [4.78, 5) is 33.8. The van der Waals surface area contributed by atoms with Crippen molar-refractivity contribution in [3.63, 3.8) is 0 Å². The third kappa shape index (κ3) is 4.97. The van der Waals surface area contributed by atoms with Crippen molar-refractivity contribution in [2.24, 2.45) is 0 Å². The monoisotopic (exact) mass is 490 g/mol. The highest BCUT2D eigenvalue weighted by Gasteiger charge is 2.29. The number of nitriles is 1. The molecule has 2 fully saturated rings. The highest BCUT2D eigenvalue weighted by molar-refractivity contribution is 5.95. The molecule has 184 valence electrons. The predicted octanol–water partition coefficient (Wildman–Crippen LogP) is 3.43. The zero-order valence-corrected chi connectivity index (χ0v) is 20.3. The molecule has 1 aliphatic heterocycles. The van der Waals surface area contributed by atoms with E-state index < -0.39 is 0 Å². The highest BCUT2D eigenvalue weighted by Crippen LogP contribution is 2.44. The highest BCUT2D eigenvalue weighted by atomic mass is 16.1. The Morgan fingerprint density at radius 3 is 2.68 bits per heavy atom. The van der Waals surface area contributed by atoms with Crippen molar-refractivity contribution in [1.29, 1.82) is 5.26 Å². The zero-order chi connectivity index (χ0) is 25.2. The van der Waals surface area contributed by atoms with Gasteiger partial charge in [-0.2, -0.15) is 5.26 Å². The Bertz CT molecular complexity index is 1500. The van der Waals surface area contributed by atoms with Gasteiger partial charge in [-0.1, -0.05) is 12.1 Å². The minimum absolute atomic E-state index is 0.187. The molecule has 2 aliphatic rings. The quantitative estimate of drug-likeness (QED) is 0.422. The topological polar surface area (TPSA) is 120 Å². The first-order chi connectivity index (χ1) is 18.2. The second-order valence-corrected chi connectivity index (χ2v) is 9.47. The number of pyridine rings is 2. The molecule has 0 radical (unpaired) electrons. The van der Waals surface area contributed by atoms with E-state index in [2.05, 4.69) is 31.6 Å². The first kappa shape index (κ1) is 23.0. The molecule has 9 nitrogen and oxygen atoms in total. The number of aromatic nitrogens is 4. The molecule has 0 unspecified atom stereocenters. The lowest BCUT2D eigenvalue weighted by Gasteiger charge is -2.30. The minimum atomic E-state index is -0.187. The normalized spacial score (nSPS) is 15.4. The van der Waals surface area contributed by atoms with Crippen LogP contribution in [0.4, 0.5) is 11.6 Å². The third-order valence-electron chi connectivity index (χ3n) is 6.78. The van der Waals surface area contributed by atoms with Crippen molar-refractivity contribution in [3.05, 3.63) is 71.7 Å². The number of hydrogen-bond donors (Lipinski definition) is 2. The van der Waals surface area contributed by atoms with Gasteiger partial charge in [-0.05, 0) is 54.2 Å². The van der Waals surface area contributed by atoms with Crippen LogP contribution in [0.2, 0.25) is 0 Å². The van der Waals surface area contributed by atoms with Crippen LogP contribution in [-0.2, 0) is 11.2 Å². The summed E-state index contributed by atoms with van der Waals surface area (Å²) < 4.78 is 0. The van der Waals surface area contributed by atoms with Gasteiger partial charge >= 0.3 is 0 Å². The van der Waals surface area contributed by atoms with Crippen molar-refractivity contribution in [1.82, 2.24) is 25.3 Å². The Labute approximate surface area is 214 Å². The summed E-state index contributed by atoms with van der Waals surface area (Å²) in [5.74, 6) is 2.32. The third-order valence-corrected chi connectivity index (χ3v) is 6.78. The maximum atomic E-state index is 12.7. The number of carbonyl (C=O) groups is 1. The van der Waals surface area contributed by atoms with Gasteiger partial charge in [0.1, 0.15) is 11.6 Å². The van der Waals surface area contributed by atoms with Crippen LogP contribution in [0.15, 0.2) is 55.0 Å². The number of rotatable bonds is 6. The molecule has 1 aliphatic carbocycles. The molecule has 1 amide bonds. The fourth-order valence-electron chi connectivity index (χ4n) is 4.73. The predicted molar refractivity (Wildman–Crippen MR) is 141 cm³/mol. The van der Waals surface area contributed by atoms with Crippen molar-refractivity contribution in [2.75, 3.05) is 36.4 Å². The summed E-state index contributed by atoms with van der Waals surface area (Å²) in [6.07, 6.45) is 8.00. The van der Waals surface area contributed by atoms with Crippen LogP contribution in [0, 0.1) is 11.3 Å². The maximum absolute atomic E-state index is 12.7. The molecular formula is C28H26N8O. The summed E-state index contributed by atoms with van der Waals surface area (Å²) in [5.41, 5.74) is 4.24. The Morgan fingerprint density at radius 1 is 1.11 bits per heavy atom. The molecule has 0 spiro atoms. The van der Waals surface area contributed by atoms with Crippen LogP contribution >= 0.6 is 0 Å². The summed E-state index contributed by atoms with van der Waals surface area (Å²) >= 11 is 0. The van der Waals surface area contributed by atoms with Gasteiger partial charge in [-0.15, -0.1) is 0 Å². The average molecular weight is 491 g/mol. The van der Waals surface area contributed by atoms with Crippen LogP contribution < -0.4 is 15.5 Å². The lowest BCUT2D eigenvalue weighted by molar-refractivity contribution is -0.115. The number of amides is 1. The van der Waals surface area contributed by atoms with E-state index in [1.807, 2.05) is 18.5 Å². The van der Waals surface area contributed by atoms with Crippen molar-refractivity contribution < 1.29 is 4.79 Å². The SMILES string of the molecule is N#Cc1ccc(CC(=O)Nc2cc(-c3nc(N4CCNCC4)c4c(C5CC5)cncc4n3)ccn2)cc1. The van der Waals surface area contributed by atoms with E-state index in [1.165, 1.54) is 18.4 Å². The van der Waals surface area contributed by atoms with Gasteiger partial charge in [-0.25, -0.2) is 15.0 Å². The molecule has 0 bridgehead atoms. The fraction of sp³-hybridized carbons (Fsp3) is 0.286. The molecule has 6 rings (SSSR count). The minimum Gasteiger partial charge on any atom is -0.353 e. The number of carbonyl (C=O) groups excluding carboxylic acids is 1. The number of hydrogen-bond acceptors (Lipinski definition) is 8. The zero-order valence-electron chi connectivity index (χ0n) is 20.3. The summed E-state index contributed by atoms with van der Waals surface area (Å²) in [6, 6.07) is 12.7. The lowest BCUT2D eigenvalue weighted by atomic mass is 10.1. The molecule has 1 saturated carbocycles. The van der Waals surface area contributed by atoms with Crippen LogP contribution in [0.1, 0.15) is 35.4 Å². The number of anilines is 2. The van der Waals surface area contributed by atoms with E-state index in [1.54, 1.807) is 36.5 Å². The molecule has 1 aromatic carbocycles. The Hall–Kier alpha value is -4.42. The first-order valence-electron chi connectivity index (χ1n) is 12.5. The molecule has 2 N–H and O–H groups in total. The number of nitrogens with zero attached hydrogens (tertiary/aromatic N) is 6. The van der Waals surface area contributed by atoms with E-state index in [0.717, 1.165) is 54.0 Å². The van der Waals surface area contributed by atoms with E-state index in [0.29, 0.717) is 23.1 Å². The van der Waals surface area contributed by atoms with E-state index >= 15 is 0 Å². The van der Waals surface area contributed by atoms with Crippen LogP contribution in [0.25, 0.3) is 22.3 Å². The Kier molecular flexibility index (Phi) is 6.16. The van der Waals surface area contributed by atoms with Crippen molar-refractivity contribution in [2.45, 2.75) is 25.2 Å². The number of benzene rings is 1. The number of fused-ring (bicyclic) bond motifs is 1. The van der Waals surface area contributed by atoms with Gasteiger partial charge in [0.2, 0.25) is 5.91 Å². The van der Waals surface area contributed by atoms with Gasteiger partial charge in [0.25, 0.3) is 0 Å². The second-order valence-electron chi connectivity index (χ2n) is 9.47. The van der Waals surface area contributed by atoms with Crippen molar-refractivity contribution in [3.8, 4) is 17.5 Å². The number of nitrogens with one attached hydrogen (secondary N) is 2. The molecular weight excluding hydrogens is 464 g/mol. The molecule has 37 heavy (non-hydrogen) atoms. The van der Waals surface area contributed by atoms with E-state index in [9.17, 15) is 4.79 Å². The summed E-state index contributed by atoms with van der Waals surface area (Å²) in [6.45, 7) is 3.58. The van der Waals surface area contributed by atoms with Gasteiger partial charge in [-0.3, -0.25) is 9.78 Å². The average Bonchev–Trinajstić information content (AvgIpc) is 3.79. The van der Waals surface area contributed by atoms with Gasteiger partial charge in [0.15, 0.2) is 5.82 Å². The molecule has 4 heterocycles. The van der Waals surface area contributed by atoms with Crippen LogP contribution in [-0.4, -0.2) is 52.0 Å². The molecule has 0 atom stereocenters. The van der Waals surface area contributed by atoms with Crippen LogP contribution in [0.5, 0.6) is 0 Å². The molecule has 4 aromatic rings. The fourth-order valence-corrected chi connectivity index (χ4v) is 4.73. The molecule has 3 aromatic heterocycles.